The molecule has 0 spiro atoms. The van der Waals surface area contributed by atoms with E-state index in [1.54, 1.807) is 0 Å². The average molecular weight is 582 g/mol. The number of halogens is 1. The van der Waals surface area contributed by atoms with Crippen LogP contribution in [0.4, 0.5) is 5.69 Å². The van der Waals surface area contributed by atoms with Gasteiger partial charge in [-0.25, -0.2) is 18.6 Å². The van der Waals surface area contributed by atoms with Crippen molar-refractivity contribution in [1.82, 2.24) is 0 Å². The lowest BCUT2D eigenvalue weighted by molar-refractivity contribution is -2.00. The molecule has 3 aromatic carbocycles. The van der Waals surface area contributed by atoms with Crippen molar-refractivity contribution in [3.63, 3.8) is 0 Å². The number of allylic oxidation sites excluding steroid dienone is 8. The summed E-state index contributed by atoms with van der Waals surface area (Å²) < 4.78 is 42.8. The smallest absolute Gasteiger partial charge is 0.209 e. The first kappa shape index (κ1) is 29.5. The average Bonchev–Trinajstić information content (AvgIpc) is 3.46. The number of hydrogen-bond acceptors (Lipinski definition) is 5. The van der Waals surface area contributed by atoms with Gasteiger partial charge in [0.2, 0.25) is 5.69 Å². The molecule has 3 aromatic rings. The molecule has 0 aromatic heterocycles. The van der Waals surface area contributed by atoms with Crippen LogP contribution in [0.25, 0.3) is 11.5 Å². The van der Waals surface area contributed by atoms with Crippen molar-refractivity contribution in [3.05, 3.63) is 149 Å². The zero-order chi connectivity index (χ0) is 29.9. The molecular formula is C35H32ClNO5. The number of para-hydroxylation sites is 1. The van der Waals surface area contributed by atoms with Crippen molar-refractivity contribution in [3.8, 4) is 0 Å². The summed E-state index contributed by atoms with van der Waals surface area (Å²) in [6.07, 6.45) is 13.2. The van der Waals surface area contributed by atoms with Gasteiger partial charge >= 0.3 is 0 Å². The molecule has 0 saturated heterocycles. The van der Waals surface area contributed by atoms with Crippen LogP contribution in [0.3, 0.4) is 0 Å². The van der Waals surface area contributed by atoms with Crippen molar-refractivity contribution >= 4 is 22.9 Å². The second kappa shape index (κ2) is 12.1. The lowest BCUT2D eigenvalue weighted by Crippen LogP contribution is -2.68. The molecule has 6 nitrogen and oxygen atoms in total. The SMILES string of the molecule is C[N+]1=C(/C=C/C=C/C2=C3C=C(c4ccccc4)OC(c4ccccc4)=C3CC2)C(C)(C)c2ccccc21.[O-][Cl+3]([O-])([O-])[O-]. The molecular weight excluding hydrogens is 550 g/mol. The second-order valence-corrected chi connectivity index (χ2v) is 11.5. The van der Waals surface area contributed by atoms with E-state index in [4.69, 9.17) is 23.4 Å². The van der Waals surface area contributed by atoms with Gasteiger partial charge in [0.1, 0.15) is 18.6 Å². The van der Waals surface area contributed by atoms with Crippen molar-refractivity contribution in [2.45, 2.75) is 32.1 Å². The third-order valence-corrected chi connectivity index (χ3v) is 7.77. The fraction of sp³-hybridized carbons (Fsp3) is 0.171. The van der Waals surface area contributed by atoms with Gasteiger partial charge in [-0.3, -0.25) is 0 Å². The van der Waals surface area contributed by atoms with E-state index in [2.05, 4.69) is 135 Å². The van der Waals surface area contributed by atoms with Crippen LogP contribution >= 0.6 is 0 Å². The fourth-order valence-corrected chi connectivity index (χ4v) is 5.83. The molecule has 0 N–H and O–H groups in total. The minimum absolute atomic E-state index is 0.0144. The molecule has 0 bridgehead atoms. The lowest BCUT2D eigenvalue weighted by atomic mass is 9.81. The number of ether oxygens (including phenoxy) is 1. The Bertz CT molecular complexity index is 1650. The van der Waals surface area contributed by atoms with Crippen LogP contribution in [0.5, 0.6) is 0 Å². The Balaban J connectivity index is 0.000000652. The molecule has 3 aliphatic rings. The molecule has 0 saturated carbocycles. The molecule has 42 heavy (non-hydrogen) atoms. The van der Waals surface area contributed by atoms with Crippen LogP contribution in [0, 0.1) is 10.2 Å². The summed E-state index contributed by atoms with van der Waals surface area (Å²) in [5, 5.41) is 0. The summed E-state index contributed by atoms with van der Waals surface area (Å²) in [7, 11) is -2.78. The zero-order valence-electron chi connectivity index (χ0n) is 23.8. The highest BCUT2D eigenvalue weighted by molar-refractivity contribution is 6.03. The van der Waals surface area contributed by atoms with Gasteiger partial charge in [0.25, 0.3) is 0 Å². The number of rotatable bonds is 5. The topological polar surface area (TPSA) is 104 Å². The lowest BCUT2D eigenvalue weighted by Gasteiger charge is -2.22. The van der Waals surface area contributed by atoms with Crippen molar-refractivity contribution in [2.75, 3.05) is 7.05 Å². The molecule has 2 heterocycles. The Kier molecular flexibility index (Phi) is 8.45. The van der Waals surface area contributed by atoms with Gasteiger partial charge < -0.3 is 4.74 Å². The van der Waals surface area contributed by atoms with Gasteiger partial charge in [0, 0.05) is 34.4 Å². The Morgan fingerprint density at radius 2 is 1.33 bits per heavy atom. The van der Waals surface area contributed by atoms with Crippen LogP contribution in [0.1, 0.15) is 43.4 Å². The summed E-state index contributed by atoms with van der Waals surface area (Å²) >= 11 is 0. The third-order valence-electron chi connectivity index (χ3n) is 7.77. The first-order chi connectivity index (χ1) is 20.0. The van der Waals surface area contributed by atoms with Gasteiger partial charge in [-0.2, -0.15) is 4.58 Å². The molecule has 0 fully saturated rings. The molecule has 0 radical (unpaired) electrons. The maximum absolute atomic E-state index is 8.49. The first-order valence-electron chi connectivity index (χ1n) is 13.7. The highest BCUT2D eigenvalue weighted by Gasteiger charge is 2.42. The maximum atomic E-state index is 8.49. The van der Waals surface area contributed by atoms with Crippen LogP contribution in [-0.4, -0.2) is 17.3 Å². The maximum Gasteiger partial charge on any atom is 0.209 e. The summed E-state index contributed by atoms with van der Waals surface area (Å²) in [6.45, 7) is 4.61. The Morgan fingerprint density at radius 1 is 0.762 bits per heavy atom. The number of hydrogen-bond donors (Lipinski definition) is 0. The van der Waals surface area contributed by atoms with Crippen LogP contribution < -0.4 is 18.6 Å². The Hall–Kier alpha value is -4.04. The fourth-order valence-electron chi connectivity index (χ4n) is 5.83. The van der Waals surface area contributed by atoms with E-state index in [1.165, 1.54) is 33.7 Å². The largest absolute Gasteiger partial charge is 0.456 e. The predicted molar refractivity (Wildman–Crippen MR) is 154 cm³/mol. The van der Waals surface area contributed by atoms with Crippen molar-refractivity contribution < 1.29 is 38.2 Å². The van der Waals surface area contributed by atoms with Gasteiger partial charge in [-0.15, -0.1) is 10.2 Å². The summed E-state index contributed by atoms with van der Waals surface area (Å²) in [5.74, 6) is 1.89. The van der Waals surface area contributed by atoms with Crippen molar-refractivity contribution in [1.29, 1.82) is 0 Å². The summed E-state index contributed by atoms with van der Waals surface area (Å²) in [6, 6.07) is 29.6. The van der Waals surface area contributed by atoms with E-state index < -0.39 is 10.2 Å². The molecule has 214 valence electrons. The van der Waals surface area contributed by atoms with Gasteiger partial charge in [-0.05, 0) is 43.9 Å². The molecule has 0 amide bonds. The molecule has 1 aliphatic carbocycles. The Labute approximate surface area is 248 Å². The van der Waals surface area contributed by atoms with Gasteiger partial charge in [0.15, 0.2) is 5.71 Å². The quantitative estimate of drug-likeness (QED) is 0.338. The monoisotopic (exact) mass is 581 g/mol. The first-order valence-corrected chi connectivity index (χ1v) is 14.9. The van der Waals surface area contributed by atoms with E-state index in [-0.39, 0.29) is 5.41 Å². The molecule has 2 aliphatic heterocycles. The molecule has 7 heteroatoms. The van der Waals surface area contributed by atoms with Crippen LogP contribution in [0.15, 0.2) is 132 Å². The molecule has 0 atom stereocenters. The van der Waals surface area contributed by atoms with E-state index in [0.29, 0.717) is 0 Å². The van der Waals surface area contributed by atoms with Crippen LogP contribution in [-0.2, 0) is 10.2 Å². The van der Waals surface area contributed by atoms with E-state index in [1.807, 2.05) is 6.07 Å². The Morgan fingerprint density at radius 3 is 1.98 bits per heavy atom. The number of fused-ring (bicyclic) bond motifs is 2. The third kappa shape index (κ3) is 6.39. The zero-order valence-corrected chi connectivity index (χ0v) is 24.5. The van der Waals surface area contributed by atoms with E-state index >= 15 is 0 Å². The normalized spacial score (nSPS) is 17.7. The van der Waals surface area contributed by atoms with Crippen LogP contribution in [0.2, 0.25) is 0 Å². The summed E-state index contributed by atoms with van der Waals surface area (Å²) in [5.41, 5.74) is 10.2. The molecule has 0 unspecified atom stereocenters. The minimum Gasteiger partial charge on any atom is -0.456 e. The highest BCUT2D eigenvalue weighted by atomic mass is 35.7. The molecule has 6 rings (SSSR count). The van der Waals surface area contributed by atoms with Crippen molar-refractivity contribution in [2.24, 2.45) is 0 Å². The number of benzene rings is 3. The predicted octanol–water partition coefficient (Wildman–Crippen LogP) is 3.62. The van der Waals surface area contributed by atoms with Gasteiger partial charge in [-0.1, -0.05) is 97.1 Å². The van der Waals surface area contributed by atoms with E-state index in [9.17, 15) is 0 Å². The number of nitrogens with zero attached hydrogens (tertiary/aromatic N) is 1. The second-order valence-electron chi connectivity index (χ2n) is 10.8. The highest BCUT2D eigenvalue weighted by Crippen LogP contribution is 2.45. The summed E-state index contributed by atoms with van der Waals surface area (Å²) in [4.78, 5) is 0. The van der Waals surface area contributed by atoms with E-state index in [0.717, 1.165) is 35.5 Å². The minimum atomic E-state index is -4.94. The van der Waals surface area contributed by atoms with Gasteiger partial charge in [0.05, 0.1) is 5.41 Å². The standard InChI is InChI=1S/C35H32NO.ClHO4/c1-35(2)30-19-11-12-20-31(30)36(3)33(35)21-13-10-14-25-22-23-28-29(25)24-32(26-15-6-4-7-16-26)37-34(28)27-17-8-5-9-18-27;2-1(3,4)5/h4-21,24H,22-23H2,1-3H3;(H,2,3,4,5)/q+1;/p-1/b14-10+,21-13+;.